The number of hydrogen-bond acceptors (Lipinski definition) is 4. The zero-order valence-corrected chi connectivity index (χ0v) is 15.2. The zero-order chi connectivity index (χ0) is 17.7. The van der Waals surface area contributed by atoms with Crippen molar-refractivity contribution in [3.8, 4) is 12.1 Å². The molecular formula is C21H26N2O2. The van der Waals surface area contributed by atoms with E-state index in [1.165, 1.54) is 5.57 Å². The maximum atomic E-state index is 9.23. The van der Waals surface area contributed by atoms with E-state index in [4.69, 9.17) is 9.47 Å². The first-order chi connectivity index (χ1) is 12.0. The average Bonchev–Trinajstić information content (AvgIpc) is 3.08. The van der Waals surface area contributed by atoms with E-state index in [0.29, 0.717) is 24.7 Å². The molecule has 3 fully saturated rings. The third kappa shape index (κ3) is 2.17. The van der Waals surface area contributed by atoms with Crippen LogP contribution in [0.2, 0.25) is 0 Å². The topological polar surface area (TPSA) is 66.0 Å². The Morgan fingerprint density at radius 1 is 1.12 bits per heavy atom. The molecule has 3 aliphatic carbocycles. The van der Waals surface area contributed by atoms with Crippen molar-refractivity contribution in [1.29, 1.82) is 10.5 Å². The van der Waals surface area contributed by atoms with Gasteiger partial charge in [-0.25, -0.2) is 0 Å². The molecule has 25 heavy (non-hydrogen) atoms. The Morgan fingerprint density at radius 2 is 1.84 bits per heavy atom. The lowest BCUT2D eigenvalue weighted by Crippen LogP contribution is -2.57. The molecule has 132 valence electrons. The van der Waals surface area contributed by atoms with E-state index in [0.717, 1.165) is 50.5 Å². The van der Waals surface area contributed by atoms with Crippen LogP contribution in [0.25, 0.3) is 0 Å². The number of rotatable bonds is 0. The fourth-order valence-corrected chi connectivity index (χ4v) is 6.11. The molecule has 1 heterocycles. The van der Waals surface area contributed by atoms with Crippen molar-refractivity contribution in [1.82, 2.24) is 0 Å². The van der Waals surface area contributed by atoms with Gasteiger partial charge in [0.2, 0.25) is 0 Å². The molecule has 0 bridgehead atoms. The first kappa shape index (κ1) is 16.8. The van der Waals surface area contributed by atoms with Gasteiger partial charge in [0.25, 0.3) is 0 Å². The van der Waals surface area contributed by atoms with Crippen molar-refractivity contribution < 1.29 is 9.47 Å². The van der Waals surface area contributed by atoms with Crippen molar-refractivity contribution in [2.45, 2.75) is 64.6 Å². The summed E-state index contributed by atoms with van der Waals surface area (Å²) in [4.78, 5) is 0. The highest BCUT2D eigenvalue weighted by molar-refractivity contribution is 5.43. The number of hydrogen-bond donors (Lipinski definition) is 0. The van der Waals surface area contributed by atoms with Gasteiger partial charge in [0.1, 0.15) is 17.7 Å². The standard InChI is InChI=1S/C21H26N2O2/c1-19-8-5-15(16(13-22)14-23)12-17(19)6-9-20(2)18(19)4-3-7-21(20)24-10-11-25-21/h4,17H,3,5-12H2,1-2H3. The Kier molecular flexibility index (Phi) is 3.83. The summed E-state index contributed by atoms with van der Waals surface area (Å²) in [7, 11) is 0. The number of nitrogens with zero attached hydrogens (tertiary/aromatic N) is 2. The summed E-state index contributed by atoms with van der Waals surface area (Å²) < 4.78 is 12.4. The molecule has 4 rings (SSSR count). The molecule has 0 N–H and O–H groups in total. The quantitative estimate of drug-likeness (QED) is 0.485. The third-order valence-corrected chi connectivity index (χ3v) is 7.54. The molecule has 1 saturated heterocycles. The smallest absolute Gasteiger partial charge is 0.177 e. The second-order valence-corrected chi connectivity index (χ2v) is 8.50. The van der Waals surface area contributed by atoms with E-state index >= 15 is 0 Å². The summed E-state index contributed by atoms with van der Waals surface area (Å²) in [6.45, 7) is 6.13. The highest BCUT2D eigenvalue weighted by Gasteiger charge is 2.62. The molecule has 0 aromatic carbocycles. The van der Waals surface area contributed by atoms with Crippen LogP contribution in [-0.4, -0.2) is 19.0 Å². The van der Waals surface area contributed by atoms with Gasteiger partial charge in [-0.05, 0) is 55.4 Å². The minimum Gasteiger partial charge on any atom is -0.347 e. The van der Waals surface area contributed by atoms with Crippen molar-refractivity contribution in [3.63, 3.8) is 0 Å². The molecule has 4 aliphatic rings. The molecule has 3 unspecified atom stereocenters. The van der Waals surface area contributed by atoms with Gasteiger partial charge < -0.3 is 9.47 Å². The SMILES string of the molecule is CC12CCC(=C(C#N)C#N)CC1CCC1(C)C2=CCCC12OCCO2. The maximum absolute atomic E-state index is 9.23. The lowest BCUT2D eigenvalue weighted by Gasteiger charge is -2.60. The van der Waals surface area contributed by atoms with Gasteiger partial charge in [-0.2, -0.15) is 10.5 Å². The van der Waals surface area contributed by atoms with E-state index < -0.39 is 5.79 Å². The Labute approximate surface area is 150 Å². The predicted octanol–water partition coefficient (Wildman–Crippen LogP) is 4.40. The Morgan fingerprint density at radius 3 is 2.52 bits per heavy atom. The molecule has 0 aromatic heterocycles. The van der Waals surface area contributed by atoms with E-state index in [-0.39, 0.29) is 10.8 Å². The molecule has 2 saturated carbocycles. The molecule has 0 radical (unpaired) electrons. The van der Waals surface area contributed by atoms with E-state index in [1.807, 2.05) is 0 Å². The molecule has 0 amide bonds. The minimum absolute atomic E-state index is 0.0541. The first-order valence-electron chi connectivity index (χ1n) is 9.50. The second-order valence-electron chi connectivity index (χ2n) is 8.50. The Balaban J connectivity index is 1.71. The normalized spacial score (nSPS) is 39.0. The van der Waals surface area contributed by atoms with Crippen LogP contribution < -0.4 is 0 Å². The van der Waals surface area contributed by atoms with E-state index in [9.17, 15) is 10.5 Å². The summed E-state index contributed by atoms with van der Waals surface area (Å²) >= 11 is 0. The van der Waals surface area contributed by atoms with Gasteiger partial charge in [0, 0.05) is 11.8 Å². The first-order valence-corrected chi connectivity index (χ1v) is 9.50. The van der Waals surface area contributed by atoms with E-state index in [1.54, 1.807) is 0 Å². The minimum atomic E-state index is -0.439. The van der Waals surface area contributed by atoms with E-state index in [2.05, 4.69) is 32.1 Å². The highest BCUT2D eigenvalue weighted by atomic mass is 16.7. The van der Waals surface area contributed by atoms with Gasteiger partial charge in [-0.1, -0.05) is 25.5 Å². The molecule has 4 heteroatoms. The number of ether oxygens (including phenoxy) is 2. The lowest BCUT2D eigenvalue weighted by atomic mass is 9.47. The van der Waals surface area contributed by atoms with Crippen molar-refractivity contribution >= 4 is 0 Å². The molecule has 0 aromatic rings. The summed E-state index contributed by atoms with van der Waals surface area (Å²) in [5.74, 6) is 0.0647. The fourth-order valence-electron chi connectivity index (χ4n) is 6.11. The van der Waals surface area contributed by atoms with Crippen LogP contribution in [0.3, 0.4) is 0 Å². The molecular weight excluding hydrogens is 312 g/mol. The largest absolute Gasteiger partial charge is 0.347 e. The van der Waals surface area contributed by atoms with Gasteiger partial charge >= 0.3 is 0 Å². The fraction of sp³-hybridized carbons (Fsp3) is 0.714. The van der Waals surface area contributed by atoms with Gasteiger partial charge in [-0.15, -0.1) is 0 Å². The van der Waals surface area contributed by atoms with Crippen LogP contribution >= 0.6 is 0 Å². The monoisotopic (exact) mass is 338 g/mol. The number of allylic oxidation sites excluding steroid dienone is 3. The van der Waals surface area contributed by atoms with Crippen LogP contribution in [0.4, 0.5) is 0 Å². The number of fused-ring (bicyclic) bond motifs is 4. The third-order valence-electron chi connectivity index (χ3n) is 7.54. The lowest BCUT2D eigenvalue weighted by molar-refractivity contribution is -0.242. The number of nitriles is 2. The molecule has 3 atom stereocenters. The van der Waals surface area contributed by atoms with Crippen LogP contribution in [0.1, 0.15) is 58.8 Å². The summed E-state index contributed by atoms with van der Waals surface area (Å²) in [6, 6.07) is 4.19. The second kappa shape index (κ2) is 5.70. The van der Waals surface area contributed by atoms with Gasteiger partial charge in [-0.3, -0.25) is 0 Å². The Bertz CT molecular complexity index is 716. The van der Waals surface area contributed by atoms with Gasteiger partial charge in [0.15, 0.2) is 5.79 Å². The van der Waals surface area contributed by atoms with Crippen LogP contribution in [0.15, 0.2) is 22.8 Å². The highest BCUT2D eigenvalue weighted by Crippen LogP contribution is 2.66. The van der Waals surface area contributed by atoms with Crippen molar-refractivity contribution in [2.75, 3.05) is 13.2 Å². The van der Waals surface area contributed by atoms with Crippen LogP contribution in [-0.2, 0) is 9.47 Å². The summed E-state index contributed by atoms with van der Waals surface area (Å²) in [5.41, 5.74) is 2.98. The van der Waals surface area contributed by atoms with Gasteiger partial charge in [0.05, 0.1) is 13.2 Å². The van der Waals surface area contributed by atoms with Crippen LogP contribution in [0, 0.1) is 39.4 Å². The Hall–Kier alpha value is -1.62. The molecule has 4 nitrogen and oxygen atoms in total. The predicted molar refractivity (Wildman–Crippen MR) is 93.0 cm³/mol. The van der Waals surface area contributed by atoms with Crippen molar-refractivity contribution in [2.24, 2.45) is 16.7 Å². The summed E-state index contributed by atoms with van der Waals surface area (Å²) in [5, 5.41) is 18.5. The molecule has 1 spiro atoms. The average molecular weight is 338 g/mol. The summed E-state index contributed by atoms with van der Waals surface area (Å²) in [6.07, 6.45) is 9.32. The maximum Gasteiger partial charge on any atom is 0.177 e. The molecule has 1 aliphatic heterocycles. The zero-order valence-electron chi connectivity index (χ0n) is 15.2. The van der Waals surface area contributed by atoms with Crippen LogP contribution in [0.5, 0.6) is 0 Å². The van der Waals surface area contributed by atoms with Crippen molar-refractivity contribution in [3.05, 3.63) is 22.8 Å².